The fraction of sp³-hybridized carbons (Fsp3) is 0.333. The van der Waals surface area contributed by atoms with Crippen LogP contribution in [0.25, 0.3) is 0 Å². The van der Waals surface area contributed by atoms with Crippen LogP contribution in [-0.2, 0) is 4.79 Å². The number of carbonyl (C=O) groups excluding carboxylic acids is 1. The SMILES string of the molecule is CC[C@H](N)C(=O)N(C)c1ccccc1C#N. The Morgan fingerprint density at radius 3 is 2.75 bits per heavy atom. The fourth-order valence-electron chi connectivity index (χ4n) is 1.40. The van der Waals surface area contributed by atoms with E-state index in [-0.39, 0.29) is 5.91 Å². The number of anilines is 1. The Morgan fingerprint density at radius 2 is 2.19 bits per heavy atom. The number of nitriles is 1. The molecule has 1 amide bonds. The Bertz CT molecular complexity index is 423. The lowest BCUT2D eigenvalue weighted by Gasteiger charge is -2.21. The van der Waals surface area contributed by atoms with Gasteiger partial charge in [0.1, 0.15) is 6.07 Å². The van der Waals surface area contributed by atoms with E-state index in [0.29, 0.717) is 17.7 Å². The maximum Gasteiger partial charge on any atom is 0.243 e. The predicted octanol–water partition coefficient (Wildman–Crippen LogP) is 1.26. The molecule has 1 atom stereocenters. The van der Waals surface area contributed by atoms with Crippen LogP contribution in [0, 0.1) is 11.3 Å². The molecule has 1 rings (SSSR count). The number of hydrogen-bond donors (Lipinski definition) is 1. The van der Waals surface area contributed by atoms with Gasteiger partial charge in [-0.3, -0.25) is 4.79 Å². The summed E-state index contributed by atoms with van der Waals surface area (Å²) in [5, 5.41) is 8.93. The summed E-state index contributed by atoms with van der Waals surface area (Å²) in [6, 6.07) is 8.50. The molecular weight excluding hydrogens is 202 g/mol. The van der Waals surface area contributed by atoms with Crippen molar-refractivity contribution >= 4 is 11.6 Å². The van der Waals surface area contributed by atoms with Crippen LogP contribution in [-0.4, -0.2) is 19.0 Å². The molecule has 0 radical (unpaired) electrons. The molecule has 16 heavy (non-hydrogen) atoms. The molecule has 2 N–H and O–H groups in total. The highest BCUT2D eigenvalue weighted by Gasteiger charge is 2.19. The summed E-state index contributed by atoms with van der Waals surface area (Å²) in [7, 11) is 1.63. The zero-order valence-electron chi connectivity index (χ0n) is 9.47. The number of rotatable bonds is 3. The zero-order valence-corrected chi connectivity index (χ0v) is 9.47. The van der Waals surface area contributed by atoms with E-state index in [1.54, 1.807) is 31.3 Å². The van der Waals surface area contributed by atoms with Crippen molar-refractivity contribution < 1.29 is 4.79 Å². The number of likely N-dealkylation sites (N-methyl/N-ethyl adjacent to an activating group) is 1. The summed E-state index contributed by atoms with van der Waals surface area (Å²) in [5.74, 6) is -0.176. The third kappa shape index (κ3) is 2.38. The van der Waals surface area contributed by atoms with Gasteiger partial charge >= 0.3 is 0 Å². The molecule has 0 aromatic heterocycles. The van der Waals surface area contributed by atoms with Crippen molar-refractivity contribution in [2.75, 3.05) is 11.9 Å². The summed E-state index contributed by atoms with van der Waals surface area (Å²) < 4.78 is 0. The first kappa shape index (κ1) is 12.2. The summed E-state index contributed by atoms with van der Waals surface area (Å²) in [6.07, 6.45) is 0.581. The minimum Gasteiger partial charge on any atom is -0.320 e. The van der Waals surface area contributed by atoms with Crippen LogP contribution in [0.3, 0.4) is 0 Å². The van der Waals surface area contributed by atoms with Crippen LogP contribution in [0.2, 0.25) is 0 Å². The summed E-state index contributed by atoms with van der Waals surface area (Å²) in [4.78, 5) is 13.3. The van der Waals surface area contributed by atoms with Crippen LogP contribution in [0.4, 0.5) is 5.69 Å². The predicted molar refractivity (Wildman–Crippen MR) is 62.8 cm³/mol. The van der Waals surface area contributed by atoms with Crippen LogP contribution >= 0.6 is 0 Å². The highest BCUT2D eigenvalue weighted by atomic mass is 16.2. The standard InChI is InChI=1S/C12H15N3O/c1-3-10(14)12(16)15(2)11-7-5-4-6-9(11)8-13/h4-7,10H,3,14H2,1-2H3/t10-/m0/s1. The summed E-state index contributed by atoms with van der Waals surface area (Å²) >= 11 is 0. The number of amides is 1. The van der Waals surface area contributed by atoms with E-state index in [4.69, 9.17) is 11.0 Å². The maximum absolute atomic E-state index is 11.8. The minimum atomic E-state index is -0.517. The molecular formula is C12H15N3O. The normalized spacial score (nSPS) is 11.6. The molecule has 0 spiro atoms. The molecule has 1 aromatic carbocycles. The summed E-state index contributed by atoms with van der Waals surface area (Å²) in [6.45, 7) is 1.85. The van der Waals surface area contributed by atoms with E-state index in [9.17, 15) is 4.79 Å². The molecule has 0 aliphatic rings. The van der Waals surface area contributed by atoms with E-state index in [1.807, 2.05) is 6.92 Å². The highest BCUT2D eigenvalue weighted by molar-refractivity contribution is 5.97. The molecule has 0 saturated carbocycles. The third-order valence-corrected chi connectivity index (χ3v) is 2.47. The van der Waals surface area contributed by atoms with Crippen LogP contribution in [0.1, 0.15) is 18.9 Å². The lowest BCUT2D eigenvalue weighted by Crippen LogP contribution is -2.41. The van der Waals surface area contributed by atoms with Crippen molar-refractivity contribution in [3.63, 3.8) is 0 Å². The number of carbonyl (C=O) groups is 1. The second kappa shape index (κ2) is 5.29. The van der Waals surface area contributed by atoms with Gasteiger partial charge in [0.15, 0.2) is 0 Å². The van der Waals surface area contributed by atoms with Gasteiger partial charge in [-0.05, 0) is 18.6 Å². The van der Waals surface area contributed by atoms with Crippen LogP contribution in [0.5, 0.6) is 0 Å². The van der Waals surface area contributed by atoms with Gasteiger partial charge in [-0.25, -0.2) is 0 Å². The van der Waals surface area contributed by atoms with Gasteiger partial charge in [0.2, 0.25) is 5.91 Å². The largest absolute Gasteiger partial charge is 0.320 e. The molecule has 0 aliphatic heterocycles. The first-order valence-electron chi connectivity index (χ1n) is 5.14. The molecule has 84 valence electrons. The van der Waals surface area contributed by atoms with E-state index < -0.39 is 6.04 Å². The Labute approximate surface area is 95.3 Å². The molecule has 0 fully saturated rings. The van der Waals surface area contributed by atoms with Gasteiger partial charge in [0, 0.05) is 7.05 Å². The molecule has 0 heterocycles. The van der Waals surface area contributed by atoms with Crippen molar-refractivity contribution in [2.45, 2.75) is 19.4 Å². The van der Waals surface area contributed by atoms with E-state index in [2.05, 4.69) is 6.07 Å². The van der Waals surface area contributed by atoms with Crippen molar-refractivity contribution in [2.24, 2.45) is 5.73 Å². The van der Waals surface area contributed by atoms with Crippen molar-refractivity contribution in [1.82, 2.24) is 0 Å². The number of para-hydroxylation sites is 1. The lowest BCUT2D eigenvalue weighted by atomic mass is 10.1. The first-order chi connectivity index (χ1) is 7.61. The van der Waals surface area contributed by atoms with Crippen LogP contribution < -0.4 is 10.6 Å². The molecule has 0 saturated heterocycles. The second-order valence-electron chi connectivity index (χ2n) is 3.54. The van der Waals surface area contributed by atoms with E-state index in [1.165, 1.54) is 4.90 Å². The Morgan fingerprint density at radius 1 is 1.56 bits per heavy atom. The quantitative estimate of drug-likeness (QED) is 0.828. The van der Waals surface area contributed by atoms with Crippen molar-refractivity contribution in [3.8, 4) is 6.07 Å². The number of hydrogen-bond acceptors (Lipinski definition) is 3. The molecule has 4 nitrogen and oxygen atoms in total. The average Bonchev–Trinajstić information content (AvgIpc) is 2.35. The Hall–Kier alpha value is -1.86. The number of nitrogens with zero attached hydrogens (tertiary/aromatic N) is 2. The monoisotopic (exact) mass is 217 g/mol. The Kier molecular flexibility index (Phi) is 4.03. The van der Waals surface area contributed by atoms with E-state index in [0.717, 1.165) is 0 Å². The molecule has 1 aromatic rings. The summed E-state index contributed by atoms with van der Waals surface area (Å²) in [5.41, 5.74) is 6.74. The molecule has 0 aliphatic carbocycles. The first-order valence-corrected chi connectivity index (χ1v) is 5.14. The number of nitrogens with two attached hydrogens (primary N) is 1. The zero-order chi connectivity index (χ0) is 12.1. The van der Waals surface area contributed by atoms with Gasteiger partial charge in [0.05, 0.1) is 17.3 Å². The smallest absolute Gasteiger partial charge is 0.243 e. The maximum atomic E-state index is 11.8. The number of benzene rings is 1. The average molecular weight is 217 g/mol. The third-order valence-electron chi connectivity index (χ3n) is 2.47. The van der Waals surface area contributed by atoms with Crippen LogP contribution in [0.15, 0.2) is 24.3 Å². The molecule has 4 heteroatoms. The molecule has 0 bridgehead atoms. The highest BCUT2D eigenvalue weighted by Crippen LogP contribution is 2.18. The van der Waals surface area contributed by atoms with Crippen molar-refractivity contribution in [3.05, 3.63) is 29.8 Å². The van der Waals surface area contributed by atoms with Gasteiger partial charge < -0.3 is 10.6 Å². The second-order valence-corrected chi connectivity index (χ2v) is 3.54. The van der Waals surface area contributed by atoms with Gasteiger partial charge in [0.25, 0.3) is 0 Å². The molecule has 0 unspecified atom stereocenters. The minimum absolute atomic E-state index is 0.176. The van der Waals surface area contributed by atoms with Crippen molar-refractivity contribution in [1.29, 1.82) is 5.26 Å². The van der Waals surface area contributed by atoms with E-state index >= 15 is 0 Å². The fourth-order valence-corrected chi connectivity index (χ4v) is 1.40. The topological polar surface area (TPSA) is 70.1 Å². The van der Waals surface area contributed by atoms with Gasteiger partial charge in [-0.15, -0.1) is 0 Å². The van der Waals surface area contributed by atoms with Gasteiger partial charge in [-0.1, -0.05) is 19.1 Å². The van der Waals surface area contributed by atoms with Gasteiger partial charge in [-0.2, -0.15) is 5.26 Å². The Balaban J connectivity index is 3.01. The lowest BCUT2D eigenvalue weighted by molar-refractivity contribution is -0.119.